The van der Waals surface area contributed by atoms with Crippen LogP contribution in [0.3, 0.4) is 0 Å². The molecule has 1 heterocycles. The van der Waals surface area contributed by atoms with Crippen molar-refractivity contribution in [2.45, 2.75) is 57.7 Å². The monoisotopic (exact) mass is 566 g/mol. The highest BCUT2D eigenvalue weighted by molar-refractivity contribution is 5.98. The van der Waals surface area contributed by atoms with E-state index in [-0.39, 0.29) is 44.0 Å². The van der Waals surface area contributed by atoms with Gasteiger partial charge in [-0.25, -0.2) is 8.78 Å². The van der Waals surface area contributed by atoms with Crippen molar-refractivity contribution in [1.82, 2.24) is 4.90 Å². The van der Waals surface area contributed by atoms with Crippen molar-refractivity contribution in [3.8, 4) is 11.5 Å². The van der Waals surface area contributed by atoms with Gasteiger partial charge < -0.3 is 25.2 Å². The number of carbonyl (C=O) groups is 2. The van der Waals surface area contributed by atoms with E-state index in [1.54, 1.807) is 18.2 Å². The largest absolute Gasteiger partial charge is 0.490 e. The van der Waals surface area contributed by atoms with Gasteiger partial charge in [0.25, 0.3) is 0 Å². The average Bonchev–Trinajstić information content (AvgIpc) is 3.20. The van der Waals surface area contributed by atoms with Crippen LogP contribution in [0.25, 0.3) is 0 Å². The molecule has 3 aromatic rings. The van der Waals surface area contributed by atoms with E-state index in [9.17, 15) is 23.5 Å². The molecule has 0 aromatic heterocycles. The molecule has 0 bridgehead atoms. The fraction of sp³-hybridized carbons (Fsp3) is 0.375. The second-order valence-electron chi connectivity index (χ2n) is 10.3. The second-order valence-corrected chi connectivity index (χ2v) is 10.3. The molecular weight excluding hydrogens is 530 g/mol. The zero-order chi connectivity index (χ0) is 29.4. The molecule has 4 rings (SSSR count). The summed E-state index contributed by atoms with van der Waals surface area (Å²) in [6, 6.07) is 15.0. The van der Waals surface area contributed by atoms with Crippen LogP contribution in [-0.4, -0.2) is 53.6 Å². The lowest BCUT2D eigenvalue weighted by atomic mass is 10.0. The highest BCUT2D eigenvalue weighted by Gasteiger charge is 2.24. The number of carbonyl (C=O) groups excluding carboxylic acids is 2. The topological polar surface area (TPSA) is 102 Å². The molecule has 0 aliphatic carbocycles. The molecule has 218 valence electrons. The number of aliphatic hydroxyl groups is 1. The first-order valence-corrected chi connectivity index (χ1v) is 13.9. The number of Topliss-reactive ketones (excluding diaryl/α,β-unsaturated/α-hetero) is 1. The minimum atomic E-state index is -1.17. The Morgan fingerprint density at radius 3 is 2.37 bits per heavy atom. The first-order chi connectivity index (χ1) is 19.7. The van der Waals surface area contributed by atoms with E-state index in [0.29, 0.717) is 35.8 Å². The summed E-state index contributed by atoms with van der Waals surface area (Å²) in [5, 5.41) is 10.9. The molecule has 41 heavy (non-hydrogen) atoms. The number of halogens is 2. The van der Waals surface area contributed by atoms with E-state index in [4.69, 9.17) is 15.2 Å². The number of hydrogen-bond acceptors (Lipinski definition) is 6. The Kier molecular flexibility index (Phi) is 10.4. The van der Waals surface area contributed by atoms with Gasteiger partial charge in [0.2, 0.25) is 5.91 Å². The highest BCUT2D eigenvalue weighted by atomic mass is 19.1. The number of nitrogens with two attached hydrogens (primary N) is 1. The molecule has 0 radical (unpaired) electrons. The lowest BCUT2D eigenvalue weighted by Gasteiger charge is -2.28. The molecule has 3 aromatic carbocycles. The van der Waals surface area contributed by atoms with Crippen LogP contribution in [0.2, 0.25) is 0 Å². The van der Waals surface area contributed by atoms with Gasteiger partial charge in [0, 0.05) is 50.0 Å². The number of ether oxygens (including phenoxy) is 2. The summed E-state index contributed by atoms with van der Waals surface area (Å²) < 4.78 is 38.6. The number of amides is 1. The highest BCUT2D eigenvalue weighted by Crippen LogP contribution is 2.31. The molecule has 2 atom stereocenters. The van der Waals surface area contributed by atoms with Crippen molar-refractivity contribution in [3.05, 3.63) is 94.6 Å². The van der Waals surface area contributed by atoms with Crippen molar-refractivity contribution < 1.29 is 33.0 Å². The molecule has 0 spiro atoms. The van der Waals surface area contributed by atoms with Gasteiger partial charge in [-0.1, -0.05) is 31.2 Å². The Hall–Kier alpha value is -3.82. The first kappa shape index (κ1) is 30.1. The summed E-state index contributed by atoms with van der Waals surface area (Å²) in [5.74, 6) is -0.903. The third-order valence-corrected chi connectivity index (χ3v) is 7.06. The lowest BCUT2D eigenvalue weighted by molar-refractivity contribution is -0.133. The Bertz CT molecular complexity index is 1350. The second kappa shape index (κ2) is 14.2. The number of benzene rings is 3. The summed E-state index contributed by atoms with van der Waals surface area (Å²) in [6.45, 7) is 3.18. The van der Waals surface area contributed by atoms with E-state index in [1.807, 2.05) is 31.2 Å². The van der Waals surface area contributed by atoms with Crippen molar-refractivity contribution in [3.63, 3.8) is 0 Å². The third kappa shape index (κ3) is 8.58. The first-order valence-electron chi connectivity index (χ1n) is 13.9. The number of nitrogens with zero attached hydrogens (tertiary/aromatic N) is 1. The van der Waals surface area contributed by atoms with Crippen molar-refractivity contribution in [2.75, 3.05) is 19.8 Å². The van der Waals surface area contributed by atoms with Gasteiger partial charge >= 0.3 is 0 Å². The van der Waals surface area contributed by atoms with Gasteiger partial charge in [-0.15, -0.1) is 0 Å². The molecule has 0 fully saturated rings. The van der Waals surface area contributed by atoms with Crippen LogP contribution in [0.15, 0.2) is 60.7 Å². The molecule has 1 aliphatic rings. The van der Waals surface area contributed by atoms with Gasteiger partial charge in [-0.3, -0.25) is 9.59 Å². The number of ketones is 1. The number of aryl methyl sites for hydroxylation is 1. The molecule has 1 aliphatic heterocycles. The van der Waals surface area contributed by atoms with Gasteiger partial charge in [-0.2, -0.15) is 0 Å². The lowest BCUT2D eigenvalue weighted by Crippen LogP contribution is -2.46. The van der Waals surface area contributed by atoms with Gasteiger partial charge in [0.1, 0.15) is 11.6 Å². The number of fused-ring (bicyclic) bond motifs is 1. The van der Waals surface area contributed by atoms with Crippen LogP contribution in [0.4, 0.5) is 8.78 Å². The van der Waals surface area contributed by atoms with Gasteiger partial charge in [-0.05, 0) is 59.9 Å². The number of aliphatic hydroxyl groups excluding tert-OH is 1. The van der Waals surface area contributed by atoms with E-state index >= 15 is 0 Å². The van der Waals surface area contributed by atoms with Crippen molar-refractivity contribution in [1.29, 1.82) is 0 Å². The van der Waals surface area contributed by atoms with Crippen LogP contribution in [0.1, 0.15) is 53.2 Å². The van der Waals surface area contributed by atoms with E-state index in [1.165, 1.54) is 17.0 Å². The predicted octanol–water partition coefficient (Wildman–Crippen LogP) is 4.61. The SMILES string of the molecule is CCc1cccc(CN(C[C@@H](O)[C@@H](N)Cc2cc(F)cc(F)c2)C(=O)CCC(=O)c2ccc3c(c2)OCCCO3)c1. The van der Waals surface area contributed by atoms with Crippen molar-refractivity contribution in [2.24, 2.45) is 5.73 Å². The Balaban J connectivity index is 1.44. The molecular formula is C32H36F2N2O5. The van der Waals surface area contributed by atoms with Gasteiger partial charge in [0.05, 0.1) is 19.3 Å². The molecule has 3 N–H and O–H groups in total. The van der Waals surface area contributed by atoms with E-state index in [2.05, 4.69) is 0 Å². The molecule has 0 saturated heterocycles. The quantitative estimate of drug-likeness (QED) is 0.311. The van der Waals surface area contributed by atoms with Crippen LogP contribution < -0.4 is 15.2 Å². The summed E-state index contributed by atoms with van der Waals surface area (Å²) in [5.41, 5.74) is 8.90. The third-order valence-electron chi connectivity index (χ3n) is 7.06. The maximum absolute atomic E-state index is 13.6. The standard InChI is InChI=1S/C32H36F2N2O5/c1-2-21-5-3-6-22(13-21)19-36(20-29(38)27(35)16-23-14-25(33)18-26(34)15-23)32(39)10-8-28(37)24-7-9-30-31(17-24)41-12-4-11-40-30/h3,5-7,9,13-15,17-18,27,29,38H,2,4,8,10-12,16,19-20,35H2,1H3/t27-,29+/m0/s1. The van der Waals surface area contributed by atoms with Gasteiger partial charge in [0.15, 0.2) is 17.3 Å². The molecule has 0 unspecified atom stereocenters. The summed E-state index contributed by atoms with van der Waals surface area (Å²) in [7, 11) is 0. The number of rotatable bonds is 12. The smallest absolute Gasteiger partial charge is 0.223 e. The maximum atomic E-state index is 13.6. The average molecular weight is 567 g/mol. The Labute approximate surface area is 238 Å². The zero-order valence-corrected chi connectivity index (χ0v) is 23.2. The van der Waals surface area contributed by atoms with Crippen LogP contribution >= 0.6 is 0 Å². The predicted molar refractivity (Wildman–Crippen MR) is 151 cm³/mol. The molecule has 9 heteroatoms. The van der Waals surface area contributed by atoms with Crippen LogP contribution in [-0.2, 0) is 24.2 Å². The summed E-state index contributed by atoms with van der Waals surface area (Å²) in [6.07, 6.45) is 0.317. The summed E-state index contributed by atoms with van der Waals surface area (Å²) in [4.78, 5) is 27.9. The zero-order valence-electron chi connectivity index (χ0n) is 23.2. The molecule has 0 saturated carbocycles. The van der Waals surface area contributed by atoms with Crippen LogP contribution in [0.5, 0.6) is 11.5 Å². The molecule has 7 nitrogen and oxygen atoms in total. The fourth-order valence-corrected chi connectivity index (χ4v) is 4.78. The maximum Gasteiger partial charge on any atom is 0.223 e. The minimum Gasteiger partial charge on any atom is -0.490 e. The summed E-state index contributed by atoms with van der Waals surface area (Å²) >= 11 is 0. The van der Waals surface area contributed by atoms with E-state index in [0.717, 1.165) is 30.0 Å². The van der Waals surface area contributed by atoms with Crippen LogP contribution in [0, 0.1) is 11.6 Å². The van der Waals surface area contributed by atoms with E-state index < -0.39 is 23.8 Å². The van der Waals surface area contributed by atoms with Crippen molar-refractivity contribution >= 4 is 11.7 Å². The fourth-order valence-electron chi connectivity index (χ4n) is 4.78. The number of hydrogen-bond donors (Lipinski definition) is 2. The minimum absolute atomic E-state index is 0.0196. The Morgan fingerprint density at radius 1 is 0.927 bits per heavy atom. The molecule has 1 amide bonds. The normalized spacial score (nSPS) is 14.2. The Morgan fingerprint density at radius 2 is 1.63 bits per heavy atom.